The summed E-state index contributed by atoms with van der Waals surface area (Å²) in [6, 6.07) is 20.3. The lowest BCUT2D eigenvalue weighted by atomic mass is 10.1. The molecule has 0 fully saturated rings. The number of nitrogens with zero attached hydrogens (tertiary/aromatic N) is 2. The molecule has 0 saturated heterocycles. The maximum absolute atomic E-state index is 13.9. The van der Waals surface area contributed by atoms with Crippen molar-refractivity contribution in [2.75, 3.05) is 7.11 Å². The van der Waals surface area contributed by atoms with Gasteiger partial charge in [-0.1, -0.05) is 30.3 Å². The molecule has 7 heteroatoms. The van der Waals surface area contributed by atoms with Crippen LogP contribution in [0.1, 0.15) is 27.0 Å². The van der Waals surface area contributed by atoms with E-state index in [-0.39, 0.29) is 11.1 Å². The molecule has 0 aliphatic heterocycles. The normalized spacial score (nSPS) is 10.4. The predicted molar refractivity (Wildman–Crippen MR) is 110 cm³/mol. The van der Waals surface area contributed by atoms with Crippen LogP contribution in [-0.4, -0.2) is 19.2 Å². The highest BCUT2D eigenvalue weighted by Crippen LogP contribution is 2.28. The van der Waals surface area contributed by atoms with Gasteiger partial charge in [0, 0.05) is 0 Å². The lowest BCUT2D eigenvalue weighted by Gasteiger charge is -2.11. The van der Waals surface area contributed by atoms with Crippen LogP contribution < -0.4 is 14.9 Å². The van der Waals surface area contributed by atoms with E-state index in [1.807, 2.05) is 36.4 Å². The van der Waals surface area contributed by atoms with Crippen LogP contribution in [0.15, 0.2) is 71.8 Å². The largest absolute Gasteiger partial charge is 0.493 e. The lowest BCUT2D eigenvalue weighted by Crippen LogP contribution is -2.19. The molecule has 0 heterocycles. The SMILES string of the molecule is COc1cc(/C=N\NC(=O)c2ccc(C#N)cc2F)ccc1OCc1ccccc1. The molecule has 0 bridgehead atoms. The number of ether oxygens (including phenoxy) is 2. The summed E-state index contributed by atoms with van der Waals surface area (Å²) in [6.07, 6.45) is 1.41. The number of hydrogen-bond acceptors (Lipinski definition) is 5. The zero-order valence-corrected chi connectivity index (χ0v) is 16.1. The van der Waals surface area contributed by atoms with E-state index in [4.69, 9.17) is 14.7 Å². The Kier molecular flexibility index (Phi) is 6.74. The quantitative estimate of drug-likeness (QED) is 0.477. The van der Waals surface area contributed by atoms with Crippen LogP contribution in [0.5, 0.6) is 11.5 Å². The minimum Gasteiger partial charge on any atom is -0.493 e. The van der Waals surface area contributed by atoms with Gasteiger partial charge in [-0.25, -0.2) is 9.82 Å². The maximum Gasteiger partial charge on any atom is 0.274 e. The number of carbonyl (C=O) groups excluding carboxylic acids is 1. The van der Waals surface area contributed by atoms with Crippen LogP contribution in [0.2, 0.25) is 0 Å². The summed E-state index contributed by atoms with van der Waals surface area (Å²) in [5.41, 5.74) is 3.88. The van der Waals surface area contributed by atoms with E-state index in [1.54, 1.807) is 18.2 Å². The molecule has 150 valence electrons. The third kappa shape index (κ3) is 5.20. The zero-order valence-electron chi connectivity index (χ0n) is 16.1. The van der Waals surface area contributed by atoms with Gasteiger partial charge in [0.05, 0.1) is 30.5 Å². The summed E-state index contributed by atoms with van der Waals surface area (Å²) in [7, 11) is 1.53. The summed E-state index contributed by atoms with van der Waals surface area (Å²) < 4.78 is 25.0. The molecule has 1 amide bonds. The van der Waals surface area contributed by atoms with E-state index in [0.29, 0.717) is 23.7 Å². The summed E-state index contributed by atoms with van der Waals surface area (Å²) in [6.45, 7) is 0.400. The minimum atomic E-state index is -0.789. The second-order valence-electron chi connectivity index (χ2n) is 6.19. The molecule has 0 spiro atoms. The molecule has 1 N–H and O–H groups in total. The van der Waals surface area contributed by atoms with Gasteiger partial charge in [-0.2, -0.15) is 10.4 Å². The summed E-state index contributed by atoms with van der Waals surface area (Å²) >= 11 is 0. The van der Waals surface area contributed by atoms with Crippen molar-refractivity contribution < 1.29 is 18.7 Å². The number of benzene rings is 3. The first-order valence-electron chi connectivity index (χ1n) is 8.98. The van der Waals surface area contributed by atoms with Crippen molar-refractivity contribution in [1.82, 2.24) is 5.43 Å². The van der Waals surface area contributed by atoms with Gasteiger partial charge in [0.2, 0.25) is 0 Å². The molecular formula is C23H18FN3O3. The number of carbonyl (C=O) groups is 1. The second kappa shape index (κ2) is 9.85. The monoisotopic (exact) mass is 403 g/mol. The standard InChI is InChI=1S/C23H18FN3O3/c1-29-22-12-18(8-10-21(22)30-15-16-5-3-2-4-6-16)14-26-27-23(28)19-9-7-17(13-25)11-20(19)24/h2-12,14H,15H2,1H3,(H,27,28)/b26-14-. The number of amides is 1. The average molecular weight is 403 g/mol. The molecule has 6 nitrogen and oxygen atoms in total. The van der Waals surface area contributed by atoms with Gasteiger partial charge in [0.25, 0.3) is 5.91 Å². The highest BCUT2D eigenvalue weighted by atomic mass is 19.1. The Morgan fingerprint density at radius 1 is 1.13 bits per heavy atom. The maximum atomic E-state index is 13.9. The number of rotatable bonds is 7. The van der Waals surface area contributed by atoms with Crippen molar-refractivity contribution in [3.63, 3.8) is 0 Å². The summed E-state index contributed by atoms with van der Waals surface area (Å²) in [4.78, 5) is 12.1. The topological polar surface area (TPSA) is 83.7 Å². The summed E-state index contributed by atoms with van der Waals surface area (Å²) in [5.74, 6) is -0.423. The molecule has 3 aromatic rings. The highest BCUT2D eigenvalue weighted by Gasteiger charge is 2.11. The molecular weight excluding hydrogens is 385 g/mol. The highest BCUT2D eigenvalue weighted by molar-refractivity contribution is 5.95. The van der Waals surface area contributed by atoms with Gasteiger partial charge in [-0.15, -0.1) is 0 Å². The van der Waals surface area contributed by atoms with Crippen LogP contribution in [0, 0.1) is 17.1 Å². The van der Waals surface area contributed by atoms with Gasteiger partial charge in [0.1, 0.15) is 12.4 Å². The van der Waals surface area contributed by atoms with Crippen molar-refractivity contribution in [2.24, 2.45) is 5.10 Å². The molecule has 0 saturated carbocycles. The smallest absolute Gasteiger partial charge is 0.274 e. The molecule has 0 atom stereocenters. The van der Waals surface area contributed by atoms with E-state index < -0.39 is 11.7 Å². The van der Waals surface area contributed by atoms with Crippen LogP contribution >= 0.6 is 0 Å². The van der Waals surface area contributed by atoms with E-state index in [2.05, 4.69) is 10.5 Å². The fourth-order valence-corrected chi connectivity index (χ4v) is 2.61. The molecule has 0 aromatic heterocycles. The second-order valence-corrected chi connectivity index (χ2v) is 6.19. The molecule has 0 aliphatic carbocycles. The van der Waals surface area contributed by atoms with Gasteiger partial charge in [-0.05, 0) is 47.5 Å². The Hall–Kier alpha value is -4.18. The first kappa shape index (κ1) is 20.6. The fourth-order valence-electron chi connectivity index (χ4n) is 2.61. The fraction of sp³-hybridized carbons (Fsp3) is 0.0870. The van der Waals surface area contributed by atoms with Crippen molar-refractivity contribution in [1.29, 1.82) is 5.26 Å². The lowest BCUT2D eigenvalue weighted by molar-refractivity contribution is 0.0951. The van der Waals surface area contributed by atoms with Gasteiger partial charge in [-0.3, -0.25) is 4.79 Å². The molecule has 30 heavy (non-hydrogen) atoms. The van der Waals surface area contributed by atoms with Gasteiger partial charge in [0.15, 0.2) is 11.5 Å². The first-order chi connectivity index (χ1) is 14.6. The van der Waals surface area contributed by atoms with Crippen molar-refractivity contribution in [3.8, 4) is 17.6 Å². The number of nitrogens with one attached hydrogen (secondary N) is 1. The third-order valence-corrected chi connectivity index (χ3v) is 4.15. The molecule has 3 aromatic carbocycles. The Morgan fingerprint density at radius 3 is 2.63 bits per heavy atom. The number of nitriles is 1. The average Bonchev–Trinajstić information content (AvgIpc) is 2.78. The van der Waals surface area contributed by atoms with Crippen molar-refractivity contribution in [3.05, 3.63) is 94.8 Å². The first-order valence-corrected chi connectivity index (χ1v) is 8.98. The Labute approximate surface area is 173 Å². The van der Waals surface area contributed by atoms with Crippen LogP contribution in [-0.2, 0) is 6.61 Å². The number of methoxy groups -OCH3 is 1. The number of hydrogen-bond donors (Lipinski definition) is 1. The predicted octanol–water partition coefficient (Wildman–Crippen LogP) is 4.05. The van der Waals surface area contributed by atoms with E-state index in [1.165, 1.54) is 25.5 Å². The van der Waals surface area contributed by atoms with E-state index in [0.717, 1.165) is 11.6 Å². The van der Waals surface area contributed by atoms with E-state index in [9.17, 15) is 9.18 Å². The Balaban J connectivity index is 1.64. The number of hydrazone groups is 1. The Morgan fingerprint density at radius 2 is 1.93 bits per heavy atom. The minimum absolute atomic E-state index is 0.134. The van der Waals surface area contributed by atoms with E-state index >= 15 is 0 Å². The van der Waals surface area contributed by atoms with Crippen LogP contribution in [0.25, 0.3) is 0 Å². The van der Waals surface area contributed by atoms with Crippen molar-refractivity contribution in [2.45, 2.75) is 6.61 Å². The molecule has 0 aliphatic rings. The van der Waals surface area contributed by atoms with Gasteiger partial charge >= 0.3 is 0 Å². The molecule has 0 unspecified atom stereocenters. The van der Waals surface area contributed by atoms with Crippen molar-refractivity contribution >= 4 is 12.1 Å². The third-order valence-electron chi connectivity index (χ3n) is 4.15. The molecule has 3 rings (SSSR count). The summed E-state index contributed by atoms with van der Waals surface area (Å²) in [5, 5.41) is 12.6. The van der Waals surface area contributed by atoms with Crippen LogP contribution in [0.3, 0.4) is 0 Å². The van der Waals surface area contributed by atoms with Crippen LogP contribution in [0.4, 0.5) is 4.39 Å². The zero-order chi connectivity index (χ0) is 21.3. The Bertz CT molecular complexity index is 1110. The van der Waals surface area contributed by atoms with Gasteiger partial charge < -0.3 is 9.47 Å². The molecule has 0 radical (unpaired) electrons. The number of halogens is 1.